The van der Waals surface area contributed by atoms with Crippen LogP contribution in [-0.2, 0) is 0 Å². The molecule has 2 aromatic rings. The number of nitrogens with one attached hydrogen (secondary N) is 3. The van der Waals surface area contributed by atoms with Gasteiger partial charge < -0.3 is 10.6 Å². The number of fused-ring (bicyclic) bond motifs is 1. The summed E-state index contributed by atoms with van der Waals surface area (Å²) in [5, 5.41) is 13.2. The predicted molar refractivity (Wildman–Crippen MR) is 77.0 cm³/mol. The first-order valence-electron chi connectivity index (χ1n) is 6.97. The van der Waals surface area contributed by atoms with E-state index in [4.69, 9.17) is 0 Å². The van der Waals surface area contributed by atoms with Crippen LogP contribution in [0.5, 0.6) is 0 Å². The number of aryl methyl sites for hydroxylation is 1. The number of hydrogen-bond donors (Lipinski definition) is 3. The van der Waals surface area contributed by atoms with Crippen molar-refractivity contribution in [3.63, 3.8) is 0 Å². The monoisotopic (exact) mass is 276 g/mol. The third-order valence-corrected chi connectivity index (χ3v) is 4.08. The zero-order valence-electron chi connectivity index (χ0n) is 11.9. The molecular formula is C13H20N6O. The number of hydrogen-bond acceptors (Lipinski definition) is 5. The second-order valence-electron chi connectivity index (χ2n) is 5.83. The molecule has 3 N–H and O–H groups in total. The van der Waals surface area contributed by atoms with Crippen LogP contribution in [0, 0.1) is 12.3 Å². The number of piperidine rings is 1. The lowest BCUT2D eigenvalue weighted by molar-refractivity contribution is 0.247. The average Bonchev–Trinajstić information content (AvgIpc) is 2.80. The van der Waals surface area contributed by atoms with E-state index in [2.05, 4.69) is 32.7 Å². The van der Waals surface area contributed by atoms with E-state index in [9.17, 15) is 4.79 Å². The van der Waals surface area contributed by atoms with Crippen molar-refractivity contribution >= 4 is 11.5 Å². The molecule has 1 fully saturated rings. The van der Waals surface area contributed by atoms with Crippen molar-refractivity contribution in [3.05, 3.63) is 22.4 Å². The highest BCUT2D eigenvalue weighted by Crippen LogP contribution is 2.28. The Hall–Kier alpha value is -1.89. The molecule has 108 valence electrons. The molecule has 1 aliphatic rings. The van der Waals surface area contributed by atoms with Crippen LogP contribution in [0.1, 0.15) is 25.6 Å². The summed E-state index contributed by atoms with van der Waals surface area (Å²) in [5.41, 5.74) is 0.639. The first-order chi connectivity index (χ1) is 9.57. The van der Waals surface area contributed by atoms with Gasteiger partial charge in [0, 0.05) is 12.6 Å². The summed E-state index contributed by atoms with van der Waals surface area (Å²) in [6.07, 6.45) is 2.31. The van der Waals surface area contributed by atoms with Gasteiger partial charge in [0.1, 0.15) is 11.6 Å². The molecule has 7 heteroatoms. The third-order valence-electron chi connectivity index (χ3n) is 4.08. The van der Waals surface area contributed by atoms with E-state index < -0.39 is 0 Å². The molecule has 3 rings (SSSR count). The third kappa shape index (κ3) is 2.40. The van der Waals surface area contributed by atoms with E-state index >= 15 is 0 Å². The Morgan fingerprint density at radius 1 is 1.45 bits per heavy atom. The van der Waals surface area contributed by atoms with Gasteiger partial charge in [-0.1, -0.05) is 6.92 Å². The number of H-pyrrole nitrogens is 1. The van der Waals surface area contributed by atoms with Crippen LogP contribution in [0.4, 0.5) is 5.82 Å². The Morgan fingerprint density at radius 2 is 2.20 bits per heavy atom. The van der Waals surface area contributed by atoms with Gasteiger partial charge in [0.25, 0.3) is 0 Å². The van der Waals surface area contributed by atoms with Gasteiger partial charge in [0.05, 0.1) is 0 Å². The van der Waals surface area contributed by atoms with Crippen molar-refractivity contribution in [2.45, 2.75) is 26.7 Å². The first-order valence-corrected chi connectivity index (χ1v) is 6.97. The molecule has 0 aromatic carbocycles. The highest BCUT2D eigenvalue weighted by molar-refractivity contribution is 5.49. The molecule has 7 nitrogen and oxygen atoms in total. The zero-order chi connectivity index (χ0) is 14.2. The average molecular weight is 276 g/mol. The van der Waals surface area contributed by atoms with Gasteiger partial charge >= 0.3 is 5.69 Å². The Bertz CT molecular complexity index is 667. The topological polar surface area (TPSA) is 87.1 Å². The molecule has 1 aliphatic heterocycles. The van der Waals surface area contributed by atoms with Crippen LogP contribution >= 0.6 is 0 Å². The van der Waals surface area contributed by atoms with Crippen LogP contribution < -0.4 is 16.3 Å². The van der Waals surface area contributed by atoms with Crippen LogP contribution in [-0.4, -0.2) is 39.2 Å². The maximum absolute atomic E-state index is 11.5. The van der Waals surface area contributed by atoms with Crippen molar-refractivity contribution in [1.82, 2.24) is 24.9 Å². The van der Waals surface area contributed by atoms with Gasteiger partial charge in [-0.15, -0.1) is 0 Å². The number of aromatic nitrogens is 4. The van der Waals surface area contributed by atoms with Crippen molar-refractivity contribution in [2.75, 3.05) is 25.0 Å². The van der Waals surface area contributed by atoms with Gasteiger partial charge in [-0.3, -0.25) is 0 Å². The summed E-state index contributed by atoms with van der Waals surface area (Å²) in [6.45, 7) is 7.12. The number of aromatic amines is 1. The standard InChI is InChI=1S/C13H20N6O/c1-9-16-10(7-11-17-18-12(20)19(9)11)15-8-13(2)3-5-14-6-4-13/h7,14-15H,3-6,8H2,1-2H3,(H,18,20). The minimum Gasteiger partial charge on any atom is -0.369 e. The minimum absolute atomic E-state index is 0.248. The maximum atomic E-state index is 11.5. The van der Waals surface area contributed by atoms with Gasteiger partial charge in [-0.25, -0.2) is 19.3 Å². The molecule has 2 aromatic heterocycles. The molecule has 0 atom stereocenters. The fourth-order valence-corrected chi connectivity index (χ4v) is 2.70. The normalized spacial score (nSPS) is 18.3. The lowest BCUT2D eigenvalue weighted by Crippen LogP contribution is -2.39. The summed E-state index contributed by atoms with van der Waals surface area (Å²) >= 11 is 0. The summed E-state index contributed by atoms with van der Waals surface area (Å²) < 4.78 is 1.47. The number of rotatable bonds is 3. The Labute approximate surface area is 116 Å². The minimum atomic E-state index is -0.248. The fourth-order valence-electron chi connectivity index (χ4n) is 2.70. The van der Waals surface area contributed by atoms with E-state index in [0.717, 1.165) is 38.3 Å². The molecule has 1 saturated heterocycles. The van der Waals surface area contributed by atoms with Crippen LogP contribution in [0.25, 0.3) is 5.65 Å². The highest BCUT2D eigenvalue weighted by Gasteiger charge is 2.26. The van der Waals surface area contributed by atoms with Crippen molar-refractivity contribution in [2.24, 2.45) is 5.41 Å². The lowest BCUT2D eigenvalue weighted by atomic mass is 9.81. The molecule has 3 heterocycles. The summed E-state index contributed by atoms with van der Waals surface area (Å²) in [7, 11) is 0. The Balaban J connectivity index is 1.79. The van der Waals surface area contributed by atoms with E-state index in [0.29, 0.717) is 11.5 Å². The SMILES string of the molecule is Cc1nc(NCC2(C)CCNCC2)cc2n[nH]c(=O)n12. The van der Waals surface area contributed by atoms with E-state index in [1.165, 1.54) is 4.40 Å². The summed E-state index contributed by atoms with van der Waals surface area (Å²) in [6, 6.07) is 1.80. The van der Waals surface area contributed by atoms with Crippen LogP contribution in [0.2, 0.25) is 0 Å². The first kappa shape index (κ1) is 13.1. The van der Waals surface area contributed by atoms with Gasteiger partial charge in [0.15, 0.2) is 5.65 Å². The maximum Gasteiger partial charge on any atom is 0.349 e. The van der Waals surface area contributed by atoms with E-state index in [1.54, 1.807) is 13.0 Å². The van der Waals surface area contributed by atoms with Gasteiger partial charge in [-0.05, 0) is 38.3 Å². The van der Waals surface area contributed by atoms with Crippen molar-refractivity contribution in [1.29, 1.82) is 0 Å². The van der Waals surface area contributed by atoms with Crippen LogP contribution in [0.15, 0.2) is 10.9 Å². The number of anilines is 1. The van der Waals surface area contributed by atoms with Gasteiger partial charge in [-0.2, -0.15) is 5.10 Å². The molecule has 0 unspecified atom stereocenters. The Kier molecular flexibility index (Phi) is 3.21. The number of nitrogens with zero attached hydrogens (tertiary/aromatic N) is 3. The molecule has 0 spiro atoms. The second kappa shape index (κ2) is 4.90. The molecule has 0 amide bonds. The molecule has 0 bridgehead atoms. The second-order valence-corrected chi connectivity index (χ2v) is 5.83. The molecule has 0 radical (unpaired) electrons. The Morgan fingerprint density at radius 3 is 2.95 bits per heavy atom. The van der Waals surface area contributed by atoms with Gasteiger partial charge in [0.2, 0.25) is 0 Å². The molecule has 0 aliphatic carbocycles. The van der Waals surface area contributed by atoms with Crippen molar-refractivity contribution in [3.8, 4) is 0 Å². The van der Waals surface area contributed by atoms with Crippen LogP contribution in [0.3, 0.4) is 0 Å². The summed E-state index contributed by atoms with van der Waals surface area (Å²) in [5.74, 6) is 1.41. The van der Waals surface area contributed by atoms with E-state index in [-0.39, 0.29) is 11.1 Å². The quantitative estimate of drug-likeness (QED) is 0.761. The zero-order valence-corrected chi connectivity index (χ0v) is 11.9. The summed E-state index contributed by atoms with van der Waals surface area (Å²) in [4.78, 5) is 16.0. The fraction of sp³-hybridized carbons (Fsp3) is 0.615. The molecular weight excluding hydrogens is 256 g/mol. The van der Waals surface area contributed by atoms with E-state index in [1.807, 2.05) is 0 Å². The van der Waals surface area contributed by atoms with Crippen molar-refractivity contribution < 1.29 is 0 Å². The molecule has 20 heavy (non-hydrogen) atoms. The smallest absolute Gasteiger partial charge is 0.349 e. The lowest BCUT2D eigenvalue weighted by Gasteiger charge is -2.34. The largest absolute Gasteiger partial charge is 0.369 e. The predicted octanol–water partition coefficient (Wildman–Crippen LogP) is 0.528. The molecule has 0 saturated carbocycles. The highest BCUT2D eigenvalue weighted by atomic mass is 16.1.